The largest absolute Gasteiger partial charge is 0.504 e. The molecule has 28 heavy (non-hydrogen) atoms. The lowest BCUT2D eigenvalue weighted by Crippen LogP contribution is -2.33. The predicted molar refractivity (Wildman–Crippen MR) is 95.5 cm³/mol. The van der Waals surface area contributed by atoms with Gasteiger partial charge in [-0.05, 0) is 12.1 Å². The van der Waals surface area contributed by atoms with Crippen LogP contribution in [0.3, 0.4) is 0 Å². The maximum absolute atomic E-state index is 11.8. The van der Waals surface area contributed by atoms with Crippen molar-refractivity contribution < 1.29 is 48.4 Å². The summed E-state index contributed by atoms with van der Waals surface area (Å²) >= 11 is 0. The second-order valence-electron chi connectivity index (χ2n) is 5.17. The van der Waals surface area contributed by atoms with E-state index in [2.05, 4.69) is 9.50 Å². The van der Waals surface area contributed by atoms with Crippen LogP contribution in [-0.2, 0) is 34.5 Å². The summed E-state index contributed by atoms with van der Waals surface area (Å²) in [7, 11) is -13.3. The Morgan fingerprint density at radius 1 is 1.07 bits per heavy atom. The number of nitrogens with one attached hydrogen (secondary N) is 2. The predicted octanol–water partition coefficient (Wildman–Crippen LogP) is -1.42. The lowest BCUT2D eigenvalue weighted by molar-refractivity contribution is 0.252. The first-order chi connectivity index (χ1) is 12.6. The van der Waals surface area contributed by atoms with Gasteiger partial charge in [-0.15, -0.1) is 0 Å². The first-order valence-corrected chi connectivity index (χ1v) is 11.7. The summed E-state index contributed by atoms with van der Waals surface area (Å²) in [5, 5.41) is 13.9. The van der Waals surface area contributed by atoms with Crippen LogP contribution in [-0.4, -0.2) is 70.2 Å². The zero-order valence-electron chi connectivity index (χ0n) is 13.9. The van der Waals surface area contributed by atoms with Crippen LogP contribution in [0, 0.1) is 0 Å². The summed E-state index contributed by atoms with van der Waals surface area (Å²) in [5.74, 6) is -2.05. The summed E-state index contributed by atoms with van der Waals surface area (Å²) in [5.41, 5.74) is 4.46. The van der Waals surface area contributed by atoms with Crippen LogP contribution >= 0.6 is 0 Å². The van der Waals surface area contributed by atoms with Crippen LogP contribution in [0.1, 0.15) is 0 Å². The monoisotopic (exact) mass is 463 g/mol. The molecule has 1 aromatic rings. The van der Waals surface area contributed by atoms with Gasteiger partial charge in [0.1, 0.15) is 0 Å². The Morgan fingerprint density at radius 3 is 2.21 bits per heavy atom. The van der Waals surface area contributed by atoms with Crippen LogP contribution in [0.5, 0.6) is 5.75 Å². The summed E-state index contributed by atoms with van der Waals surface area (Å²) < 4.78 is 87.3. The number of phenols is 1. The number of amides is 2. The van der Waals surface area contributed by atoms with E-state index in [4.69, 9.17) is 14.8 Å². The van der Waals surface area contributed by atoms with Gasteiger partial charge in [0.25, 0.3) is 10.1 Å². The fourth-order valence-electron chi connectivity index (χ4n) is 1.73. The summed E-state index contributed by atoms with van der Waals surface area (Å²) in [6.07, 6.45) is 0. The number of sulfone groups is 1. The molecule has 0 saturated heterocycles. The topological polar surface area (TPSA) is 239 Å². The Bertz CT molecular complexity index is 1050. The van der Waals surface area contributed by atoms with Gasteiger partial charge in [-0.25, -0.2) is 17.4 Å². The Labute approximate surface area is 160 Å². The van der Waals surface area contributed by atoms with Crippen molar-refractivity contribution in [2.24, 2.45) is 0 Å². The molecule has 1 rings (SSSR count). The Hall–Kier alpha value is -2.18. The van der Waals surface area contributed by atoms with E-state index in [-0.39, 0.29) is 0 Å². The molecule has 0 fully saturated rings. The van der Waals surface area contributed by atoms with E-state index in [0.717, 1.165) is 12.1 Å². The molecule has 160 valence electrons. The molecule has 0 radical (unpaired) electrons. The number of phenolic OH excluding ortho intramolecular Hbond substituents is 1. The number of nitrogen functional groups attached to an aromatic ring is 1. The van der Waals surface area contributed by atoms with Gasteiger partial charge in [0.2, 0.25) is 0 Å². The first-order valence-electron chi connectivity index (χ1n) is 7.08. The van der Waals surface area contributed by atoms with Crippen LogP contribution in [0.15, 0.2) is 17.0 Å². The van der Waals surface area contributed by atoms with Crippen LogP contribution in [0.4, 0.5) is 16.2 Å². The molecular formula is C11H17N3O11S3. The van der Waals surface area contributed by atoms with Crippen molar-refractivity contribution in [1.82, 2.24) is 5.32 Å². The van der Waals surface area contributed by atoms with Gasteiger partial charge in [-0.3, -0.25) is 9.11 Å². The van der Waals surface area contributed by atoms with Crippen molar-refractivity contribution in [3.05, 3.63) is 12.1 Å². The minimum Gasteiger partial charge on any atom is -0.504 e. The van der Waals surface area contributed by atoms with Gasteiger partial charge in [0.15, 0.2) is 15.6 Å². The quantitative estimate of drug-likeness (QED) is 0.140. The number of aromatic hydroxyl groups is 1. The van der Waals surface area contributed by atoms with Crippen molar-refractivity contribution in [2.75, 3.05) is 35.7 Å². The minimum atomic E-state index is -4.78. The zero-order valence-corrected chi connectivity index (χ0v) is 16.3. The van der Waals surface area contributed by atoms with Crippen molar-refractivity contribution in [3.8, 4) is 5.75 Å². The van der Waals surface area contributed by atoms with E-state index in [1.807, 2.05) is 5.32 Å². The molecule has 17 heteroatoms. The third-order valence-corrected chi connectivity index (χ3v) is 5.89. The smallest absolute Gasteiger partial charge is 0.397 e. The van der Waals surface area contributed by atoms with Gasteiger partial charge in [-0.2, -0.15) is 16.8 Å². The van der Waals surface area contributed by atoms with E-state index >= 15 is 0 Å². The molecule has 0 heterocycles. The molecule has 0 aromatic heterocycles. The van der Waals surface area contributed by atoms with E-state index in [0.29, 0.717) is 0 Å². The molecule has 14 nitrogen and oxygen atoms in total. The number of benzene rings is 1. The Balaban J connectivity index is 2.65. The highest BCUT2D eigenvalue weighted by Crippen LogP contribution is 2.33. The molecule has 0 aliphatic carbocycles. The summed E-state index contributed by atoms with van der Waals surface area (Å²) in [4.78, 5) is 11.1. The average Bonchev–Trinajstić information content (AvgIpc) is 2.48. The minimum absolute atomic E-state index is 0.436. The number of rotatable bonds is 9. The number of hydrogen-bond donors (Lipinski definition) is 6. The van der Waals surface area contributed by atoms with E-state index in [1.54, 1.807) is 0 Å². The molecule has 0 atom stereocenters. The summed E-state index contributed by atoms with van der Waals surface area (Å²) in [6, 6.07) is 0.450. The van der Waals surface area contributed by atoms with Crippen molar-refractivity contribution in [3.63, 3.8) is 0 Å². The number of anilines is 2. The molecule has 0 aliphatic rings. The molecule has 0 bridgehead atoms. The van der Waals surface area contributed by atoms with Gasteiger partial charge in [0, 0.05) is 6.54 Å². The Morgan fingerprint density at radius 2 is 1.68 bits per heavy atom. The molecule has 0 unspecified atom stereocenters. The lowest BCUT2D eigenvalue weighted by Gasteiger charge is -2.12. The highest BCUT2D eigenvalue weighted by atomic mass is 32.3. The van der Waals surface area contributed by atoms with E-state index < -0.39 is 83.1 Å². The fraction of sp³-hybridized carbons (Fsp3) is 0.364. The fourth-order valence-corrected chi connectivity index (χ4v) is 3.63. The number of carbonyl (C=O) groups is 1. The number of hydrogen-bond acceptors (Lipinski definition) is 10. The maximum Gasteiger partial charge on any atom is 0.397 e. The highest BCUT2D eigenvalue weighted by molar-refractivity contribution is 7.91. The van der Waals surface area contributed by atoms with Gasteiger partial charge >= 0.3 is 16.4 Å². The number of urea groups is 1. The van der Waals surface area contributed by atoms with E-state index in [9.17, 15) is 35.2 Å². The lowest BCUT2D eigenvalue weighted by atomic mass is 10.2. The zero-order chi connectivity index (χ0) is 21.8. The summed E-state index contributed by atoms with van der Waals surface area (Å²) in [6.45, 7) is -1.25. The molecule has 2 amide bonds. The second kappa shape index (κ2) is 8.88. The molecule has 0 spiro atoms. The molecule has 0 saturated carbocycles. The normalized spacial score (nSPS) is 12.5. The Kier molecular flexibility index (Phi) is 7.57. The maximum atomic E-state index is 11.8. The van der Waals surface area contributed by atoms with Crippen molar-refractivity contribution in [2.45, 2.75) is 4.90 Å². The van der Waals surface area contributed by atoms with Gasteiger partial charge < -0.3 is 21.5 Å². The van der Waals surface area contributed by atoms with Gasteiger partial charge in [-0.1, -0.05) is 0 Å². The van der Waals surface area contributed by atoms with Crippen LogP contribution in [0.25, 0.3) is 0 Å². The number of nitrogens with two attached hydrogens (primary N) is 1. The molecule has 1 aromatic carbocycles. The standard InChI is InChI=1S/C11H17N3O11S3/c12-8-5-7(27(19,20)21)6-9(10(8)15)14-11(16)13-1-3-26(17,18)4-2-25-28(22,23)24/h5-6,15H,1-4,12H2,(H2,13,14,16)(H,19,20,21)(H,22,23,24). The number of carbonyl (C=O) groups excluding carboxylic acids is 1. The second-order valence-corrected chi connectivity index (χ2v) is 9.98. The molecule has 0 aliphatic heterocycles. The molecule has 7 N–H and O–H groups in total. The highest BCUT2D eigenvalue weighted by Gasteiger charge is 2.18. The van der Waals surface area contributed by atoms with Gasteiger partial charge in [0.05, 0.1) is 34.4 Å². The van der Waals surface area contributed by atoms with Crippen molar-refractivity contribution >= 4 is 47.8 Å². The SMILES string of the molecule is Nc1cc(S(=O)(=O)O)cc(NC(=O)NCCS(=O)(=O)CCOS(=O)(=O)O)c1O. The molecular weight excluding hydrogens is 446 g/mol. The first kappa shape index (κ1) is 23.9. The van der Waals surface area contributed by atoms with Crippen LogP contribution < -0.4 is 16.4 Å². The van der Waals surface area contributed by atoms with Crippen LogP contribution in [0.2, 0.25) is 0 Å². The van der Waals surface area contributed by atoms with E-state index in [1.165, 1.54) is 0 Å². The van der Waals surface area contributed by atoms with Crippen molar-refractivity contribution in [1.29, 1.82) is 0 Å². The average molecular weight is 463 g/mol. The third kappa shape index (κ3) is 8.23. The third-order valence-electron chi connectivity index (χ3n) is 2.98.